The van der Waals surface area contributed by atoms with E-state index in [1.165, 1.54) is 0 Å². The van der Waals surface area contributed by atoms with Crippen LogP contribution in [0, 0.1) is 0 Å². The first kappa shape index (κ1) is 14.7. The van der Waals surface area contributed by atoms with Crippen molar-refractivity contribution >= 4 is 10.0 Å². The van der Waals surface area contributed by atoms with Gasteiger partial charge in [-0.2, -0.15) is 9.40 Å². The molecule has 1 atom stereocenters. The summed E-state index contributed by atoms with van der Waals surface area (Å²) in [6.45, 7) is 0.971. The summed E-state index contributed by atoms with van der Waals surface area (Å²) in [6.07, 6.45) is 6.98. The van der Waals surface area contributed by atoms with E-state index in [9.17, 15) is 8.42 Å². The highest BCUT2D eigenvalue weighted by atomic mass is 32.2. The molecule has 2 heterocycles. The smallest absolute Gasteiger partial charge is 0.233 e. The molecule has 1 saturated carbocycles. The lowest BCUT2D eigenvalue weighted by Crippen LogP contribution is -2.39. The van der Waals surface area contributed by atoms with Crippen LogP contribution in [0.2, 0.25) is 0 Å². The zero-order valence-corrected chi connectivity index (χ0v) is 12.8. The van der Waals surface area contributed by atoms with Crippen LogP contribution >= 0.6 is 0 Å². The Bertz CT molecular complexity index is 558. The van der Waals surface area contributed by atoms with E-state index in [1.807, 2.05) is 0 Å². The molecule has 1 saturated heterocycles. The van der Waals surface area contributed by atoms with E-state index >= 15 is 0 Å². The van der Waals surface area contributed by atoms with Gasteiger partial charge in [0.1, 0.15) is 6.10 Å². The second-order valence-corrected chi connectivity index (χ2v) is 7.97. The van der Waals surface area contributed by atoms with Gasteiger partial charge in [0.2, 0.25) is 15.9 Å². The van der Waals surface area contributed by atoms with Crippen LogP contribution in [0.25, 0.3) is 0 Å². The second-order valence-electron chi connectivity index (χ2n) is 5.75. The Morgan fingerprint density at radius 3 is 2.71 bits per heavy atom. The van der Waals surface area contributed by atoms with Gasteiger partial charge in [-0.1, -0.05) is 19.3 Å². The highest BCUT2D eigenvalue weighted by molar-refractivity contribution is 7.89. The van der Waals surface area contributed by atoms with Crippen molar-refractivity contribution in [2.24, 2.45) is 0 Å². The third kappa shape index (κ3) is 3.35. The van der Waals surface area contributed by atoms with Crippen molar-refractivity contribution in [3.63, 3.8) is 0 Å². The van der Waals surface area contributed by atoms with E-state index in [4.69, 9.17) is 4.74 Å². The summed E-state index contributed by atoms with van der Waals surface area (Å²) in [6, 6.07) is 3.50. The largest absolute Gasteiger partial charge is 0.472 e. The molecule has 1 aromatic rings. The number of sulfonamides is 1. The molecule has 3 rings (SSSR count). The van der Waals surface area contributed by atoms with E-state index in [0.29, 0.717) is 25.4 Å². The minimum atomic E-state index is -3.17. The zero-order valence-electron chi connectivity index (χ0n) is 12.0. The average molecular weight is 311 g/mol. The topological polar surface area (TPSA) is 72.4 Å². The molecule has 0 radical (unpaired) electrons. The first-order valence-corrected chi connectivity index (χ1v) is 9.10. The van der Waals surface area contributed by atoms with Crippen molar-refractivity contribution in [3.8, 4) is 5.88 Å². The summed E-state index contributed by atoms with van der Waals surface area (Å²) < 4.78 is 32.6. The maximum atomic E-state index is 12.6. The van der Waals surface area contributed by atoms with Crippen LogP contribution in [0.4, 0.5) is 0 Å². The minimum absolute atomic E-state index is 0.125. The number of nitrogens with zero attached hydrogens (tertiary/aromatic N) is 3. The lowest BCUT2D eigenvalue weighted by molar-refractivity contribution is 0.204. The summed E-state index contributed by atoms with van der Waals surface area (Å²) in [5.74, 6) is 0.458. The summed E-state index contributed by atoms with van der Waals surface area (Å²) in [4.78, 5) is 0. The molecule has 0 bridgehead atoms. The quantitative estimate of drug-likeness (QED) is 0.844. The van der Waals surface area contributed by atoms with Crippen LogP contribution in [0.3, 0.4) is 0 Å². The molecule has 1 aromatic heterocycles. The van der Waals surface area contributed by atoms with Gasteiger partial charge >= 0.3 is 0 Å². The molecular weight excluding hydrogens is 290 g/mol. The van der Waals surface area contributed by atoms with Crippen LogP contribution in [-0.4, -0.2) is 47.4 Å². The van der Waals surface area contributed by atoms with Crippen molar-refractivity contribution in [2.45, 2.75) is 49.9 Å². The number of aromatic nitrogens is 2. The van der Waals surface area contributed by atoms with Gasteiger partial charge in [0.25, 0.3) is 0 Å². The lowest BCUT2D eigenvalue weighted by Gasteiger charge is -2.26. The van der Waals surface area contributed by atoms with Crippen molar-refractivity contribution in [3.05, 3.63) is 18.3 Å². The van der Waals surface area contributed by atoms with Crippen LogP contribution in [0.5, 0.6) is 5.88 Å². The molecule has 21 heavy (non-hydrogen) atoms. The first-order valence-electron chi connectivity index (χ1n) is 7.59. The Labute approximate surface area is 125 Å². The number of hydrogen-bond donors (Lipinski definition) is 0. The lowest BCUT2D eigenvalue weighted by atomic mass is 10.0. The molecule has 1 unspecified atom stereocenters. The second kappa shape index (κ2) is 6.27. The molecule has 2 aliphatic rings. The average Bonchev–Trinajstić information content (AvgIpc) is 2.98. The van der Waals surface area contributed by atoms with E-state index in [2.05, 4.69) is 10.2 Å². The molecule has 6 nitrogen and oxygen atoms in total. The molecule has 0 aromatic carbocycles. The molecular formula is C14H21N3O3S. The summed E-state index contributed by atoms with van der Waals surface area (Å²) >= 11 is 0. The SMILES string of the molecule is O=S(=O)(C1CCCCC1)N1CCC(Oc2cccnn2)C1. The Morgan fingerprint density at radius 2 is 2.00 bits per heavy atom. The minimum Gasteiger partial charge on any atom is -0.472 e. The zero-order chi connectivity index (χ0) is 14.7. The Balaban J connectivity index is 1.61. The monoisotopic (exact) mass is 311 g/mol. The van der Waals surface area contributed by atoms with Gasteiger partial charge in [0.15, 0.2) is 0 Å². The molecule has 7 heteroatoms. The normalized spacial score (nSPS) is 25.0. The summed E-state index contributed by atoms with van der Waals surface area (Å²) in [5, 5.41) is 7.45. The van der Waals surface area contributed by atoms with Gasteiger partial charge in [-0.05, 0) is 25.3 Å². The predicted octanol–water partition coefficient (Wildman–Crippen LogP) is 1.59. The van der Waals surface area contributed by atoms with Gasteiger partial charge in [-0.3, -0.25) is 0 Å². The van der Waals surface area contributed by atoms with Gasteiger partial charge in [0.05, 0.1) is 11.8 Å². The van der Waals surface area contributed by atoms with Crippen LogP contribution < -0.4 is 4.74 Å². The van der Waals surface area contributed by atoms with Gasteiger partial charge in [-0.15, -0.1) is 5.10 Å². The molecule has 2 fully saturated rings. The van der Waals surface area contributed by atoms with Crippen molar-refractivity contribution in [1.82, 2.24) is 14.5 Å². The highest BCUT2D eigenvalue weighted by Crippen LogP contribution is 2.28. The van der Waals surface area contributed by atoms with E-state index in [0.717, 1.165) is 32.1 Å². The van der Waals surface area contributed by atoms with Crippen molar-refractivity contribution in [1.29, 1.82) is 0 Å². The van der Waals surface area contributed by atoms with E-state index < -0.39 is 10.0 Å². The Morgan fingerprint density at radius 1 is 1.19 bits per heavy atom. The van der Waals surface area contributed by atoms with Crippen molar-refractivity contribution < 1.29 is 13.2 Å². The number of rotatable bonds is 4. The Hall–Kier alpha value is -1.21. The van der Waals surface area contributed by atoms with Crippen molar-refractivity contribution in [2.75, 3.05) is 13.1 Å². The summed E-state index contributed by atoms with van der Waals surface area (Å²) in [7, 11) is -3.17. The fraction of sp³-hybridized carbons (Fsp3) is 0.714. The van der Waals surface area contributed by atoms with Crippen LogP contribution in [-0.2, 0) is 10.0 Å². The molecule has 0 spiro atoms. The van der Waals surface area contributed by atoms with Gasteiger partial charge in [0, 0.05) is 18.8 Å². The molecule has 116 valence electrons. The third-order valence-corrected chi connectivity index (χ3v) is 6.64. The standard InChI is InChI=1S/C14H21N3O3S/c18-21(19,13-5-2-1-3-6-13)17-10-8-12(11-17)20-14-7-4-9-15-16-14/h4,7,9,12-13H,1-3,5-6,8,10-11H2. The molecule has 1 aliphatic carbocycles. The first-order chi connectivity index (χ1) is 10.2. The van der Waals surface area contributed by atoms with E-state index in [1.54, 1.807) is 22.6 Å². The molecule has 1 aliphatic heterocycles. The number of ether oxygens (including phenoxy) is 1. The van der Waals surface area contributed by atoms with E-state index in [-0.39, 0.29) is 11.4 Å². The van der Waals surface area contributed by atoms with Crippen LogP contribution in [0.1, 0.15) is 38.5 Å². The maximum absolute atomic E-state index is 12.6. The number of hydrogen-bond acceptors (Lipinski definition) is 5. The highest BCUT2D eigenvalue weighted by Gasteiger charge is 2.38. The molecule has 0 N–H and O–H groups in total. The molecule has 0 amide bonds. The third-order valence-electron chi connectivity index (χ3n) is 4.28. The predicted molar refractivity (Wildman–Crippen MR) is 78.4 cm³/mol. The van der Waals surface area contributed by atoms with Gasteiger partial charge < -0.3 is 4.74 Å². The fourth-order valence-electron chi connectivity index (χ4n) is 3.12. The maximum Gasteiger partial charge on any atom is 0.233 e. The van der Waals surface area contributed by atoms with Gasteiger partial charge in [-0.25, -0.2) is 8.42 Å². The van der Waals surface area contributed by atoms with Crippen LogP contribution in [0.15, 0.2) is 18.3 Å². The summed E-state index contributed by atoms with van der Waals surface area (Å²) in [5.41, 5.74) is 0. The fourth-order valence-corrected chi connectivity index (χ4v) is 5.20. The Kier molecular flexibility index (Phi) is 4.40.